The molecule has 0 aliphatic carbocycles. The Balaban J connectivity index is 2.09. The molecule has 5 nitrogen and oxygen atoms in total. The van der Waals surface area contributed by atoms with Crippen molar-refractivity contribution in [2.24, 2.45) is 5.92 Å². The number of carbonyl (C=O) groups is 2. The average Bonchev–Trinajstić information content (AvgIpc) is 2.54. The van der Waals surface area contributed by atoms with Crippen LogP contribution in [0.25, 0.3) is 10.8 Å². The Morgan fingerprint density at radius 2 is 1.78 bits per heavy atom. The number of carboxylic acid groups (broad SMARTS) is 1. The lowest BCUT2D eigenvalue weighted by Gasteiger charge is -2.25. The number of carbonyl (C=O) groups excluding carboxylic acids is 1. The summed E-state index contributed by atoms with van der Waals surface area (Å²) in [5.74, 6) is -1.53. The van der Waals surface area contributed by atoms with Crippen molar-refractivity contribution in [2.45, 2.75) is 19.9 Å². The number of rotatable bonds is 6. The van der Waals surface area contributed by atoms with Crippen LogP contribution < -0.4 is 5.32 Å². The normalized spacial score (nSPS) is 13.7. The van der Waals surface area contributed by atoms with Crippen LogP contribution in [-0.4, -0.2) is 41.5 Å². The van der Waals surface area contributed by atoms with Crippen LogP contribution >= 0.6 is 0 Å². The highest BCUT2D eigenvalue weighted by Crippen LogP contribution is 2.23. The van der Waals surface area contributed by atoms with Crippen molar-refractivity contribution in [1.29, 1.82) is 0 Å². The molecule has 0 saturated carbocycles. The summed E-state index contributed by atoms with van der Waals surface area (Å²) in [6.45, 7) is 3.72. The molecule has 2 aromatic carbocycles. The lowest BCUT2D eigenvalue weighted by atomic mass is 10.1. The number of carboxylic acids is 1. The third-order valence-corrected chi connectivity index (χ3v) is 4.07. The standard InChI is InChI=1S/C18H22N2O3/c1-12(18(22)23)11-20(3)13(2)17(21)19-16-10-6-8-14-7-4-5-9-15(14)16/h4-10,12-13H,11H2,1-3H3,(H,19,21)(H,22,23). The minimum absolute atomic E-state index is 0.151. The molecule has 23 heavy (non-hydrogen) atoms. The first kappa shape index (κ1) is 17.0. The Bertz CT molecular complexity index is 709. The van der Waals surface area contributed by atoms with E-state index in [4.69, 9.17) is 5.11 Å². The first-order valence-electron chi connectivity index (χ1n) is 7.62. The van der Waals surface area contributed by atoms with Gasteiger partial charge in [0.25, 0.3) is 0 Å². The van der Waals surface area contributed by atoms with Gasteiger partial charge in [0.15, 0.2) is 0 Å². The Labute approximate surface area is 135 Å². The highest BCUT2D eigenvalue weighted by Gasteiger charge is 2.22. The Morgan fingerprint density at radius 1 is 1.13 bits per heavy atom. The second-order valence-corrected chi connectivity index (χ2v) is 5.87. The number of aliphatic carboxylic acids is 1. The van der Waals surface area contributed by atoms with Crippen molar-refractivity contribution in [3.63, 3.8) is 0 Å². The maximum absolute atomic E-state index is 12.4. The van der Waals surface area contributed by atoms with Crippen LogP contribution in [0, 0.1) is 5.92 Å². The number of likely N-dealkylation sites (N-methyl/N-ethyl adjacent to an activating group) is 1. The SMILES string of the molecule is CC(CN(C)C(C)C(=O)Nc1cccc2ccccc12)C(=O)O. The fraction of sp³-hybridized carbons (Fsp3) is 0.333. The number of fused-ring (bicyclic) bond motifs is 1. The van der Waals surface area contributed by atoms with E-state index in [1.54, 1.807) is 25.8 Å². The Morgan fingerprint density at radius 3 is 2.48 bits per heavy atom. The maximum atomic E-state index is 12.4. The molecule has 2 N–H and O–H groups in total. The molecule has 0 aliphatic heterocycles. The second kappa shape index (κ2) is 7.24. The average molecular weight is 314 g/mol. The molecule has 1 amide bonds. The van der Waals surface area contributed by atoms with E-state index in [1.807, 2.05) is 42.5 Å². The molecular formula is C18H22N2O3. The highest BCUT2D eigenvalue weighted by molar-refractivity contribution is 6.03. The maximum Gasteiger partial charge on any atom is 0.307 e. The van der Waals surface area contributed by atoms with Crippen LogP contribution in [-0.2, 0) is 9.59 Å². The minimum Gasteiger partial charge on any atom is -0.481 e. The van der Waals surface area contributed by atoms with E-state index >= 15 is 0 Å². The summed E-state index contributed by atoms with van der Waals surface area (Å²) in [6.07, 6.45) is 0. The van der Waals surface area contributed by atoms with Gasteiger partial charge in [-0.15, -0.1) is 0 Å². The molecule has 2 atom stereocenters. The van der Waals surface area contributed by atoms with Crippen molar-refractivity contribution in [3.05, 3.63) is 42.5 Å². The van der Waals surface area contributed by atoms with Gasteiger partial charge in [-0.3, -0.25) is 14.5 Å². The van der Waals surface area contributed by atoms with Crippen LogP contribution in [0.5, 0.6) is 0 Å². The summed E-state index contributed by atoms with van der Waals surface area (Å²) in [5.41, 5.74) is 0.764. The summed E-state index contributed by atoms with van der Waals surface area (Å²) in [4.78, 5) is 25.1. The smallest absolute Gasteiger partial charge is 0.307 e. The first-order chi connectivity index (χ1) is 10.9. The number of nitrogens with one attached hydrogen (secondary N) is 1. The van der Waals surface area contributed by atoms with Gasteiger partial charge in [0, 0.05) is 17.6 Å². The third kappa shape index (κ3) is 4.07. The molecular weight excluding hydrogens is 292 g/mol. The molecule has 0 heterocycles. The van der Waals surface area contributed by atoms with Gasteiger partial charge < -0.3 is 10.4 Å². The lowest BCUT2D eigenvalue weighted by molar-refractivity contribution is -0.142. The summed E-state index contributed by atoms with van der Waals surface area (Å²) in [7, 11) is 1.76. The monoisotopic (exact) mass is 314 g/mol. The van der Waals surface area contributed by atoms with E-state index in [9.17, 15) is 9.59 Å². The number of amides is 1. The largest absolute Gasteiger partial charge is 0.481 e. The molecule has 0 aliphatic rings. The van der Waals surface area contributed by atoms with Crippen LogP contribution in [0.4, 0.5) is 5.69 Å². The molecule has 122 valence electrons. The van der Waals surface area contributed by atoms with Gasteiger partial charge in [-0.2, -0.15) is 0 Å². The molecule has 2 aromatic rings. The number of hydrogen-bond acceptors (Lipinski definition) is 3. The number of anilines is 1. The van der Waals surface area contributed by atoms with E-state index in [2.05, 4.69) is 5.32 Å². The second-order valence-electron chi connectivity index (χ2n) is 5.87. The molecule has 0 spiro atoms. The Hall–Kier alpha value is -2.40. The van der Waals surface area contributed by atoms with Crippen molar-refractivity contribution >= 4 is 28.3 Å². The highest BCUT2D eigenvalue weighted by atomic mass is 16.4. The first-order valence-corrected chi connectivity index (χ1v) is 7.62. The number of nitrogens with zero attached hydrogens (tertiary/aromatic N) is 1. The fourth-order valence-electron chi connectivity index (χ4n) is 2.44. The topological polar surface area (TPSA) is 69.6 Å². The van der Waals surface area contributed by atoms with Crippen LogP contribution in [0.3, 0.4) is 0 Å². The van der Waals surface area contributed by atoms with Gasteiger partial charge in [-0.05, 0) is 25.4 Å². The molecule has 2 unspecified atom stereocenters. The van der Waals surface area contributed by atoms with Crippen molar-refractivity contribution < 1.29 is 14.7 Å². The quantitative estimate of drug-likeness (QED) is 0.860. The van der Waals surface area contributed by atoms with Gasteiger partial charge in [0.2, 0.25) is 5.91 Å². The molecule has 0 bridgehead atoms. The number of benzene rings is 2. The summed E-state index contributed by atoms with van der Waals surface area (Å²) in [5, 5.41) is 14.0. The zero-order chi connectivity index (χ0) is 17.0. The molecule has 0 saturated heterocycles. The van der Waals surface area contributed by atoms with Crippen LogP contribution in [0.2, 0.25) is 0 Å². The van der Waals surface area contributed by atoms with Crippen LogP contribution in [0.1, 0.15) is 13.8 Å². The summed E-state index contributed by atoms with van der Waals surface area (Å²) >= 11 is 0. The van der Waals surface area contributed by atoms with Gasteiger partial charge in [0.1, 0.15) is 0 Å². The van der Waals surface area contributed by atoms with E-state index < -0.39 is 17.9 Å². The van der Waals surface area contributed by atoms with Gasteiger partial charge in [-0.1, -0.05) is 43.3 Å². The van der Waals surface area contributed by atoms with E-state index in [0.29, 0.717) is 6.54 Å². The molecule has 0 radical (unpaired) electrons. The number of hydrogen-bond donors (Lipinski definition) is 2. The molecule has 0 fully saturated rings. The third-order valence-electron chi connectivity index (χ3n) is 4.07. The predicted octanol–water partition coefficient (Wildman–Crippen LogP) is 2.82. The Kier molecular flexibility index (Phi) is 5.34. The van der Waals surface area contributed by atoms with Gasteiger partial charge in [0.05, 0.1) is 12.0 Å². The lowest BCUT2D eigenvalue weighted by Crippen LogP contribution is -2.42. The van der Waals surface area contributed by atoms with Gasteiger partial charge >= 0.3 is 5.97 Å². The summed E-state index contributed by atoms with van der Waals surface area (Å²) in [6, 6.07) is 13.2. The summed E-state index contributed by atoms with van der Waals surface area (Å²) < 4.78 is 0. The van der Waals surface area contributed by atoms with E-state index in [1.165, 1.54) is 0 Å². The fourth-order valence-corrected chi connectivity index (χ4v) is 2.44. The van der Waals surface area contributed by atoms with E-state index in [-0.39, 0.29) is 5.91 Å². The van der Waals surface area contributed by atoms with Crippen molar-refractivity contribution in [2.75, 3.05) is 18.9 Å². The van der Waals surface area contributed by atoms with Crippen molar-refractivity contribution in [1.82, 2.24) is 4.90 Å². The zero-order valence-electron chi connectivity index (χ0n) is 13.6. The molecule has 0 aromatic heterocycles. The van der Waals surface area contributed by atoms with Crippen molar-refractivity contribution in [3.8, 4) is 0 Å². The van der Waals surface area contributed by atoms with E-state index in [0.717, 1.165) is 16.5 Å². The molecule has 2 rings (SSSR count). The zero-order valence-corrected chi connectivity index (χ0v) is 13.6. The predicted molar refractivity (Wildman–Crippen MR) is 91.5 cm³/mol. The molecule has 5 heteroatoms. The van der Waals surface area contributed by atoms with Gasteiger partial charge in [-0.25, -0.2) is 0 Å². The van der Waals surface area contributed by atoms with Crippen LogP contribution in [0.15, 0.2) is 42.5 Å². The minimum atomic E-state index is -0.862.